The Morgan fingerprint density at radius 2 is 1.46 bits per heavy atom. The molecular formula is C20H17NO2S. The van der Waals surface area contributed by atoms with Crippen molar-refractivity contribution in [3.05, 3.63) is 90.0 Å². The van der Waals surface area contributed by atoms with Crippen molar-refractivity contribution in [3.63, 3.8) is 0 Å². The molecular weight excluding hydrogens is 318 g/mol. The first-order chi connectivity index (χ1) is 11.6. The molecule has 0 radical (unpaired) electrons. The van der Waals surface area contributed by atoms with Gasteiger partial charge in [0.15, 0.2) is 0 Å². The van der Waals surface area contributed by atoms with E-state index in [1.807, 2.05) is 61.5 Å². The van der Waals surface area contributed by atoms with Crippen molar-refractivity contribution in [3.8, 4) is 0 Å². The quantitative estimate of drug-likeness (QED) is 0.767. The molecule has 0 aromatic heterocycles. The van der Waals surface area contributed by atoms with E-state index < -0.39 is 10.8 Å². The molecule has 3 nitrogen and oxygen atoms in total. The lowest BCUT2D eigenvalue weighted by atomic mass is 10.2. The van der Waals surface area contributed by atoms with Gasteiger partial charge in [0.1, 0.15) is 0 Å². The summed E-state index contributed by atoms with van der Waals surface area (Å²) >= 11 is 0. The van der Waals surface area contributed by atoms with Crippen molar-refractivity contribution in [2.75, 3.05) is 5.32 Å². The minimum atomic E-state index is -1.35. The van der Waals surface area contributed by atoms with E-state index in [1.165, 1.54) is 0 Å². The summed E-state index contributed by atoms with van der Waals surface area (Å²) in [5, 5.41) is 2.86. The van der Waals surface area contributed by atoms with Gasteiger partial charge in [0, 0.05) is 10.5 Å². The van der Waals surface area contributed by atoms with Gasteiger partial charge in [-0.3, -0.25) is 4.79 Å². The zero-order valence-corrected chi connectivity index (χ0v) is 14.0. The Hall–Kier alpha value is -2.72. The molecule has 3 aromatic rings. The lowest BCUT2D eigenvalue weighted by Gasteiger charge is -2.11. The molecule has 0 heterocycles. The Kier molecular flexibility index (Phi) is 4.87. The van der Waals surface area contributed by atoms with Crippen LogP contribution in [-0.2, 0) is 10.8 Å². The van der Waals surface area contributed by atoms with E-state index in [2.05, 4.69) is 5.32 Å². The van der Waals surface area contributed by atoms with E-state index in [1.54, 1.807) is 24.3 Å². The third-order valence-electron chi connectivity index (χ3n) is 3.61. The number of hydrogen-bond acceptors (Lipinski definition) is 2. The maximum absolute atomic E-state index is 12.9. The molecule has 1 amide bonds. The number of anilines is 1. The molecule has 0 aliphatic rings. The van der Waals surface area contributed by atoms with Crippen LogP contribution in [0.5, 0.6) is 0 Å². The Labute approximate surface area is 143 Å². The first-order valence-electron chi connectivity index (χ1n) is 7.59. The number of aryl methyl sites for hydroxylation is 1. The smallest absolute Gasteiger partial charge is 0.255 e. The van der Waals surface area contributed by atoms with Crippen LogP contribution in [0.4, 0.5) is 5.69 Å². The molecule has 120 valence electrons. The van der Waals surface area contributed by atoms with Crippen LogP contribution in [0, 0.1) is 6.92 Å². The third-order valence-corrected chi connectivity index (χ3v) is 5.06. The molecule has 0 aliphatic carbocycles. The third kappa shape index (κ3) is 3.60. The largest absolute Gasteiger partial charge is 0.321 e. The highest BCUT2D eigenvalue weighted by molar-refractivity contribution is 7.85. The van der Waals surface area contributed by atoms with E-state index in [0.29, 0.717) is 21.0 Å². The summed E-state index contributed by atoms with van der Waals surface area (Å²) in [7, 11) is -1.35. The van der Waals surface area contributed by atoms with Crippen LogP contribution in [0.25, 0.3) is 0 Å². The highest BCUT2D eigenvalue weighted by Crippen LogP contribution is 2.25. The fourth-order valence-corrected chi connectivity index (χ4v) is 3.46. The number of benzene rings is 3. The summed E-state index contributed by atoms with van der Waals surface area (Å²) in [6.07, 6.45) is 0. The fraction of sp³-hybridized carbons (Fsp3) is 0.0500. The molecule has 0 aliphatic heterocycles. The lowest BCUT2D eigenvalue weighted by molar-refractivity contribution is 0.102. The van der Waals surface area contributed by atoms with E-state index in [0.717, 1.165) is 5.56 Å². The van der Waals surface area contributed by atoms with E-state index in [-0.39, 0.29) is 5.91 Å². The van der Waals surface area contributed by atoms with Gasteiger partial charge in [-0.05, 0) is 43.3 Å². The summed E-state index contributed by atoms with van der Waals surface area (Å²) in [5.41, 5.74) is 2.24. The molecule has 1 atom stereocenters. The van der Waals surface area contributed by atoms with Gasteiger partial charge in [0.2, 0.25) is 0 Å². The van der Waals surface area contributed by atoms with Crippen molar-refractivity contribution in [2.45, 2.75) is 16.7 Å². The molecule has 24 heavy (non-hydrogen) atoms. The summed E-state index contributed by atoms with van der Waals surface area (Å²) in [5.74, 6) is -0.219. The number of carbonyl (C=O) groups is 1. The van der Waals surface area contributed by atoms with E-state index in [4.69, 9.17) is 0 Å². The van der Waals surface area contributed by atoms with Gasteiger partial charge >= 0.3 is 0 Å². The SMILES string of the molecule is Cc1ccc(S(=O)c2ccccc2NC(=O)c2ccccc2)cc1. The second-order valence-corrected chi connectivity index (χ2v) is 6.85. The minimum absolute atomic E-state index is 0.219. The number of para-hydroxylation sites is 1. The highest BCUT2D eigenvalue weighted by atomic mass is 32.2. The van der Waals surface area contributed by atoms with Crippen molar-refractivity contribution in [1.82, 2.24) is 0 Å². The maximum Gasteiger partial charge on any atom is 0.255 e. The Balaban J connectivity index is 1.89. The lowest BCUT2D eigenvalue weighted by Crippen LogP contribution is -2.13. The molecule has 1 unspecified atom stereocenters. The number of nitrogens with one attached hydrogen (secondary N) is 1. The molecule has 0 bridgehead atoms. The van der Waals surface area contributed by atoms with Crippen molar-refractivity contribution >= 4 is 22.4 Å². The predicted molar refractivity (Wildman–Crippen MR) is 96.7 cm³/mol. The van der Waals surface area contributed by atoms with E-state index in [9.17, 15) is 9.00 Å². The summed E-state index contributed by atoms with van der Waals surface area (Å²) in [4.78, 5) is 13.7. The molecule has 0 fully saturated rings. The average molecular weight is 335 g/mol. The molecule has 3 rings (SSSR count). The summed E-state index contributed by atoms with van der Waals surface area (Å²) in [6, 6.07) is 23.7. The van der Waals surface area contributed by atoms with Gasteiger partial charge in [-0.2, -0.15) is 0 Å². The number of rotatable bonds is 4. The molecule has 4 heteroatoms. The number of amides is 1. The fourth-order valence-electron chi connectivity index (χ4n) is 2.30. The maximum atomic E-state index is 12.9. The Morgan fingerprint density at radius 3 is 2.17 bits per heavy atom. The van der Waals surface area contributed by atoms with Crippen molar-refractivity contribution < 1.29 is 9.00 Å². The topological polar surface area (TPSA) is 46.2 Å². The first-order valence-corrected chi connectivity index (χ1v) is 8.74. The molecule has 1 N–H and O–H groups in total. The van der Waals surface area contributed by atoms with Crippen LogP contribution in [0.1, 0.15) is 15.9 Å². The molecule has 0 saturated carbocycles. The monoisotopic (exact) mass is 335 g/mol. The Morgan fingerprint density at radius 1 is 0.833 bits per heavy atom. The predicted octanol–water partition coefficient (Wildman–Crippen LogP) is 4.41. The zero-order chi connectivity index (χ0) is 16.9. The normalized spacial score (nSPS) is 11.7. The first kappa shape index (κ1) is 16.1. The molecule has 0 spiro atoms. The minimum Gasteiger partial charge on any atom is -0.321 e. The van der Waals surface area contributed by atoms with Gasteiger partial charge in [-0.25, -0.2) is 4.21 Å². The second kappa shape index (κ2) is 7.23. The van der Waals surface area contributed by atoms with Crippen LogP contribution in [0.3, 0.4) is 0 Å². The van der Waals surface area contributed by atoms with Crippen molar-refractivity contribution in [1.29, 1.82) is 0 Å². The van der Waals surface area contributed by atoms with Crippen LogP contribution < -0.4 is 5.32 Å². The van der Waals surface area contributed by atoms with Crippen LogP contribution in [-0.4, -0.2) is 10.1 Å². The van der Waals surface area contributed by atoms with Gasteiger partial charge in [-0.15, -0.1) is 0 Å². The molecule has 3 aromatic carbocycles. The number of hydrogen-bond donors (Lipinski definition) is 1. The van der Waals surface area contributed by atoms with Gasteiger partial charge < -0.3 is 5.32 Å². The van der Waals surface area contributed by atoms with Crippen molar-refractivity contribution in [2.24, 2.45) is 0 Å². The zero-order valence-electron chi connectivity index (χ0n) is 13.2. The van der Waals surface area contributed by atoms with Gasteiger partial charge in [0.05, 0.1) is 21.4 Å². The average Bonchev–Trinajstić information content (AvgIpc) is 2.63. The standard InChI is InChI=1S/C20H17NO2S/c1-15-11-13-17(14-12-15)24(23)19-10-6-5-9-18(19)21-20(22)16-7-3-2-4-8-16/h2-14H,1H3,(H,21,22). The van der Waals surface area contributed by atoms with Crippen LogP contribution in [0.15, 0.2) is 88.7 Å². The van der Waals surface area contributed by atoms with Gasteiger partial charge in [0.25, 0.3) is 5.91 Å². The summed E-state index contributed by atoms with van der Waals surface area (Å²) in [6.45, 7) is 1.99. The molecule has 0 saturated heterocycles. The Bertz CT molecular complexity index is 874. The highest BCUT2D eigenvalue weighted by Gasteiger charge is 2.14. The number of carbonyl (C=O) groups excluding carboxylic acids is 1. The second-order valence-electron chi connectivity index (χ2n) is 5.40. The van der Waals surface area contributed by atoms with E-state index >= 15 is 0 Å². The summed E-state index contributed by atoms with van der Waals surface area (Å²) < 4.78 is 12.9. The van der Waals surface area contributed by atoms with Crippen LogP contribution in [0.2, 0.25) is 0 Å². The van der Waals surface area contributed by atoms with Crippen LogP contribution >= 0.6 is 0 Å². The van der Waals surface area contributed by atoms with Gasteiger partial charge in [-0.1, -0.05) is 48.0 Å².